The Balaban J connectivity index is 6.70. The smallest absolute Gasteiger partial charge is 0.331 e. The minimum atomic E-state index is -8.62. The molecule has 1 N–H and O–H groups in total. The van der Waals surface area contributed by atoms with Crippen LogP contribution in [-0.4, -0.2) is 58.8 Å². The van der Waals surface area contributed by atoms with E-state index < -0.39 is 66.6 Å². The molecule has 0 aromatic heterocycles. The van der Waals surface area contributed by atoms with Gasteiger partial charge in [0.15, 0.2) is 6.17 Å². The zero-order valence-electron chi connectivity index (χ0n) is 13.9. The van der Waals surface area contributed by atoms with Crippen molar-refractivity contribution in [3.05, 3.63) is 0 Å². The van der Waals surface area contributed by atoms with Crippen molar-refractivity contribution in [1.82, 2.24) is 0 Å². The highest BCUT2D eigenvalue weighted by Gasteiger charge is 2.95. The minimum absolute atomic E-state index is 0.777. The first kappa shape index (κ1) is 28.8. The molecule has 0 aliphatic heterocycles. The lowest BCUT2D eigenvalue weighted by Crippen LogP contribution is -2.75. The third kappa shape index (κ3) is 3.55. The molecule has 1 unspecified atom stereocenters. The summed E-state index contributed by atoms with van der Waals surface area (Å²) in [6.45, 7) is 0.777. The van der Waals surface area contributed by atoms with Crippen molar-refractivity contribution in [2.45, 2.75) is 73.5 Å². The zero-order valence-corrected chi connectivity index (χ0v) is 13.9. The third-order valence-electron chi connectivity index (χ3n) is 3.70. The van der Waals surface area contributed by atoms with E-state index in [1.54, 1.807) is 0 Å². The average molecular weight is 492 g/mol. The predicted octanol–water partition coefficient (Wildman–Crippen LogP) is 6.16. The van der Waals surface area contributed by atoms with Gasteiger partial charge in [0.05, 0.1) is 0 Å². The number of rotatable bonds is 10. The second-order valence-corrected chi connectivity index (χ2v) is 5.87. The lowest BCUT2D eigenvalue weighted by molar-refractivity contribution is -0.470. The summed E-state index contributed by atoms with van der Waals surface area (Å²) in [5.74, 6) is -56.9. The van der Waals surface area contributed by atoms with E-state index >= 15 is 0 Å². The van der Waals surface area contributed by atoms with Gasteiger partial charge in [0.1, 0.15) is 0 Å². The molecule has 0 rings (SSSR count). The van der Waals surface area contributed by atoms with Crippen molar-refractivity contribution >= 4 is 0 Å². The van der Waals surface area contributed by atoms with Gasteiger partial charge in [-0.1, -0.05) is 13.3 Å². The van der Waals surface area contributed by atoms with Crippen LogP contribution < -0.4 is 0 Å². The van der Waals surface area contributed by atoms with Crippen molar-refractivity contribution in [1.29, 1.82) is 0 Å². The summed E-state index contributed by atoms with van der Waals surface area (Å²) in [6, 6.07) is 0. The highest BCUT2D eigenvalue weighted by Crippen LogP contribution is 2.64. The van der Waals surface area contributed by atoms with Gasteiger partial charge in [0.2, 0.25) is 0 Å². The minimum Gasteiger partial charge on any atom is -0.331 e. The maximum Gasteiger partial charge on any atom is 0.423 e. The standard InChI is InChI=1S/C12H9F17O/c1-2-3-4(13)5(14,15)6(16,17)7(18,19)8(20,21)9(22,23)10(24,25)11(26,27)12(28,29)30/h4,30H,2-3H2,1H3. The van der Waals surface area contributed by atoms with Crippen LogP contribution in [0.25, 0.3) is 0 Å². The Kier molecular flexibility index (Phi) is 7.12. The molecular formula is C12H9F17O. The molecule has 0 amide bonds. The van der Waals surface area contributed by atoms with Crippen LogP contribution in [0.1, 0.15) is 19.8 Å². The van der Waals surface area contributed by atoms with Crippen LogP contribution in [0.2, 0.25) is 0 Å². The van der Waals surface area contributed by atoms with Gasteiger partial charge in [-0.2, -0.15) is 70.2 Å². The molecule has 0 aliphatic rings. The van der Waals surface area contributed by atoms with Gasteiger partial charge < -0.3 is 5.11 Å². The fourth-order valence-electron chi connectivity index (χ4n) is 1.82. The van der Waals surface area contributed by atoms with Crippen molar-refractivity contribution in [3.8, 4) is 0 Å². The van der Waals surface area contributed by atoms with E-state index in [1.807, 2.05) is 0 Å². The number of halogens is 17. The van der Waals surface area contributed by atoms with Crippen molar-refractivity contribution in [2.24, 2.45) is 0 Å². The van der Waals surface area contributed by atoms with E-state index in [1.165, 1.54) is 0 Å². The van der Waals surface area contributed by atoms with Gasteiger partial charge in [-0.25, -0.2) is 4.39 Å². The summed E-state index contributed by atoms with van der Waals surface area (Å²) in [5, 5.41) is 7.49. The number of alkyl halides is 17. The van der Waals surface area contributed by atoms with E-state index in [-0.39, 0.29) is 0 Å². The molecule has 0 bridgehead atoms. The maximum atomic E-state index is 13.3. The van der Waals surface area contributed by atoms with E-state index in [9.17, 15) is 74.6 Å². The molecular weight excluding hydrogens is 483 g/mol. The molecule has 0 heterocycles. The van der Waals surface area contributed by atoms with Crippen LogP contribution in [0.4, 0.5) is 74.6 Å². The molecule has 0 aromatic carbocycles. The van der Waals surface area contributed by atoms with Crippen LogP contribution in [-0.2, 0) is 0 Å². The Bertz CT molecular complexity index is 604. The molecule has 1 atom stereocenters. The second-order valence-electron chi connectivity index (χ2n) is 5.87. The summed E-state index contributed by atoms with van der Waals surface area (Å²) >= 11 is 0. The van der Waals surface area contributed by atoms with Crippen LogP contribution in [0.5, 0.6) is 0 Å². The van der Waals surface area contributed by atoms with Gasteiger partial charge >= 0.3 is 47.6 Å². The van der Waals surface area contributed by atoms with Crippen molar-refractivity contribution < 1.29 is 79.7 Å². The summed E-state index contributed by atoms with van der Waals surface area (Å²) < 4.78 is 221. The quantitative estimate of drug-likeness (QED) is 0.363. The Labute approximate surface area is 154 Å². The Morgan fingerprint density at radius 1 is 0.533 bits per heavy atom. The SMILES string of the molecule is CCCC(F)C(F)(F)C(F)(F)C(F)(F)C(F)(F)C(F)(F)C(F)(F)C(F)(F)C(O)(F)F. The van der Waals surface area contributed by atoms with Gasteiger partial charge in [-0.05, 0) is 6.42 Å². The summed E-state index contributed by atoms with van der Waals surface area (Å²) in [4.78, 5) is 0. The lowest BCUT2D eigenvalue weighted by Gasteiger charge is -2.43. The molecule has 0 aliphatic carbocycles. The molecule has 30 heavy (non-hydrogen) atoms. The summed E-state index contributed by atoms with van der Waals surface area (Å²) in [6.07, 6.45) is -14.3. The van der Waals surface area contributed by atoms with Gasteiger partial charge in [-0.15, -0.1) is 0 Å². The highest BCUT2D eigenvalue weighted by molar-refractivity contribution is 5.15. The first-order chi connectivity index (χ1) is 12.7. The lowest BCUT2D eigenvalue weighted by atomic mass is 9.87. The number of hydrogen-bond acceptors (Lipinski definition) is 1. The van der Waals surface area contributed by atoms with Crippen molar-refractivity contribution in [2.75, 3.05) is 0 Å². The van der Waals surface area contributed by atoms with Crippen molar-refractivity contribution in [3.63, 3.8) is 0 Å². The van der Waals surface area contributed by atoms with Crippen LogP contribution in [0.15, 0.2) is 0 Å². The van der Waals surface area contributed by atoms with Gasteiger partial charge in [0.25, 0.3) is 0 Å². The fourth-order valence-corrected chi connectivity index (χ4v) is 1.82. The third-order valence-corrected chi connectivity index (χ3v) is 3.70. The Morgan fingerprint density at radius 3 is 1.07 bits per heavy atom. The number of aliphatic hydroxyl groups is 1. The van der Waals surface area contributed by atoms with Gasteiger partial charge in [0, 0.05) is 0 Å². The van der Waals surface area contributed by atoms with Gasteiger partial charge in [-0.3, -0.25) is 0 Å². The van der Waals surface area contributed by atoms with Crippen LogP contribution in [0, 0.1) is 0 Å². The first-order valence-corrected chi connectivity index (χ1v) is 7.12. The maximum absolute atomic E-state index is 13.3. The molecule has 0 aromatic rings. The molecule has 1 nitrogen and oxygen atoms in total. The van der Waals surface area contributed by atoms with Crippen LogP contribution >= 0.6 is 0 Å². The van der Waals surface area contributed by atoms with E-state index in [0.717, 1.165) is 6.92 Å². The molecule has 0 fully saturated rings. The molecule has 18 heteroatoms. The first-order valence-electron chi connectivity index (χ1n) is 7.12. The number of hydrogen-bond donors (Lipinski definition) is 1. The van der Waals surface area contributed by atoms with E-state index in [2.05, 4.69) is 0 Å². The Morgan fingerprint density at radius 2 is 0.800 bits per heavy atom. The fraction of sp³-hybridized carbons (Fsp3) is 1.00. The van der Waals surface area contributed by atoms with E-state index in [4.69, 9.17) is 5.11 Å². The topological polar surface area (TPSA) is 20.2 Å². The molecule has 0 saturated heterocycles. The predicted molar refractivity (Wildman–Crippen MR) is 61.6 cm³/mol. The highest BCUT2D eigenvalue weighted by atomic mass is 19.4. The average Bonchev–Trinajstić information content (AvgIpc) is 2.52. The normalized spacial score (nSPS) is 17.3. The Hall–Kier alpha value is -1.23. The summed E-state index contributed by atoms with van der Waals surface area (Å²) in [5.41, 5.74) is 0. The monoisotopic (exact) mass is 492 g/mol. The second kappa shape index (κ2) is 7.43. The van der Waals surface area contributed by atoms with E-state index in [0.29, 0.717) is 0 Å². The molecule has 0 radical (unpaired) electrons. The summed E-state index contributed by atoms with van der Waals surface area (Å²) in [7, 11) is 0. The largest absolute Gasteiger partial charge is 0.423 e. The molecule has 182 valence electrons. The molecule has 0 saturated carbocycles. The van der Waals surface area contributed by atoms with Crippen LogP contribution in [0.3, 0.4) is 0 Å². The zero-order chi connectivity index (χ0) is 25.0. The molecule has 0 spiro atoms.